The minimum atomic E-state index is -0.0354. The van der Waals surface area contributed by atoms with Gasteiger partial charge >= 0.3 is 0 Å². The number of rotatable bonds is 9. The van der Waals surface area contributed by atoms with Crippen LogP contribution in [0.25, 0.3) is 0 Å². The van der Waals surface area contributed by atoms with Crippen LogP contribution in [0, 0.1) is 0 Å². The van der Waals surface area contributed by atoms with Crippen molar-refractivity contribution in [2.75, 3.05) is 6.61 Å². The summed E-state index contributed by atoms with van der Waals surface area (Å²) in [7, 11) is 0. The molecule has 0 aliphatic rings. The van der Waals surface area contributed by atoms with Crippen LogP contribution in [0.5, 0.6) is 5.75 Å². The van der Waals surface area contributed by atoms with Crippen LogP contribution >= 0.6 is 23.4 Å². The molecule has 1 amide bonds. The predicted octanol–water partition coefficient (Wildman–Crippen LogP) is 5.95. The number of nitrogens with one attached hydrogen (secondary N) is 1. The molecule has 2 aromatic carbocycles. The first-order valence-corrected chi connectivity index (χ1v) is 10.3. The third-order valence-electron chi connectivity index (χ3n) is 3.93. The van der Waals surface area contributed by atoms with E-state index in [0.29, 0.717) is 12.2 Å². The van der Waals surface area contributed by atoms with E-state index in [1.54, 1.807) is 11.8 Å². The zero-order valence-corrected chi connectivity index (χ0v) is 17.1. The first kappa shape index (κ1) is 20.7. The molecule has 0 saturated carbocycles. The van der Waals surface area contributed by atoms with E-state index in [0.717, 1.165) is 39.8 Å². The van der Waals surface area contributed by atoms with Crippen LogP contribution in [0.4, 0.5) is 0 Å². The number of benzene rings is 2. The van der Waals surface area contributed by atoms with Crippen molar-refractivity contribution >= 4 is 29.3 Å². The molecule has 5 heteroatoms. The number of ether oxygens (including phenoxy) is 1. The Morgan fingerprint density at radius 1 is 1.19 bits per heavy atom. The average molecular weight is 392 g/mol. The number of amides is 1. The quantitative estimate of drug-likeness (QED) is 0.537. The molecule has 26 heavy (non-hydrogen) atoms. The Bertz CT molecular complexity index is 718. The molecule has 0 aromatic heterocycles. The fourth-order valence-corrected chi connectivity index (χ4v) is 3.64. The Labute approximate surface area is 165 Å². The van der Waals surface area contributed by atoms with Gasteiger partial charge < -0.3 is 10.1 Å². The van der Waals surface area contributed by atoms with Crippen LogP contribution in [0.3, 0.4) is 0 Å². The lowest BCUT2D eigenvalue weighted by Gasteiger charge is -2.15. The van der Waals surface area contributed by atoms with Crippen molar-refractivity contribution in [3.63, 3.8) is 0 Å². The van der Waals surface area contributed by atoms with E-state index in [1.807, 2.05) is 56.3 Å². The molecule has 1 atom stereocenters. The molecule has 0 bridgehead atoms. The highest BCUT2D eigenvalue weighted by molar-refractivity contribution is 7.98. The summed E-state index contributed by atoms with van der Waals surface area (Å²) >= 11 is 7.64. The van der Waals surface area contributed by atoms with Crippen LogP contribution < -0.4 is 10.1 Å². The van der Waals surface area contributed by atoms with Gasteiger partial charge in [0, 0.05) is 32.8 Å². The topological polar surface area (TPSA) is 38.3 Å². The number of carbonyl (C=O) groups excluding carboxylic acids is 1. The zero-order chi connectivity index (χ0) is 18.9. The predicted molar refractivity (Wildman–Crippen MR) is 110 cm³/mol. The van der Waals surface area contributed by atoms with Gasteiger partial charge in [-0.1, -0.05) is 24.9 Å². The van der Waals surface area contributed by atoms with E-state index < -0.39 is 0 Å². The Morgan fingerprint density at radius 3 is 2.58 bits per heavy atom. The van der Waals surface area contributed by atoms with Gasteiger partial charge in [-0.2, -0.15) is 0 Å². The lowest BCUT2D eigenvalue weighted by atomic mass is 10.1. The SMILES string of the molecule is CCC[C@@H](C)NC(=O)c1ccc(OCC)c(CSc2ccc(Cl)cc2)c1. The fourth-order valence-electron chi connectivity index (χ4n) is 2.63. The van der Waals surface area contributed by atoms with E-state index >= 15 is 0 Å². The summed E-state index contributed by atoms with van der Waals surface area (Å²) in [6, 6.07) is 13.6. The largest absolute Gasteiger partial charge is 0.494 e. The van der Waals surface area contributed by atoms with Crippen LogP contribution in [0.15, 0.2) is 47.4 Å². The second-order valence-corrected chi connectivity index (χ2v) is 7.65. The normalized spacial score (nSPS) is 11.8. The highest BCUT2D eigenvalue weighted by Gasteiger charge is 2.13. The monoisotopic (exact) mass is 391 g/mol. The van der Waals surface area contributed by atoms with Crippen molar-refractivity contribution < 1.29 is 9.53 Å². The molecular formula is C21H26ClNO2S. The van der Waals surface area contributed by atoms with E-state index in [9.17, 15) is 4.79 Å². The second kappa shape index (κ2) is 10.5. The number of hydrogen-bond acceptors (Lipinski definition) is 3. The molecule has 0 saturated heterocycles. The lowest BCUT2D eigenvalue weighted by Crippen LogP contribution is -2.32. The summed E-state index contributed by atoms with van der Waals surface area (Å²) in [5.74, 6) is 1.52. The molecular weight excluding hydrogens is 366 g/mol. The van der Waals surface area contributed by atoms with Crippen LogP contribution in [0.1, 0.15) is 49.5 Å². The number of hydrogen-bond donors (Lipinski definition) is 1. The first-order valence-electron chi connectivity index (χ1n) is 8.98. The number of thioether (sulfide) groups is 1. The van der Waals surface area contributed by atoms with Crippen LogP contribution in [0.2, 0.25) is 5.02 Å². The van der Waals surface area contributed by atoms with Gasteiger partial charge in [-0.25, -0.2) is 0 Å². The maximum absolute atomic E-state index is 12.5. The van der Waals surface area contributed by atoms with Crippen molar-refractivity contribution in [3.8, 4) is 5.75 Å². The van der Waals surface area contributed by atoms with Gasteiger partial charge in [0.2, 0.25) is 0 Å². The van der Waals surface area contributed by atoms with E-state index in [4.69, 9.17) is 16.3 Å². The van der Waals surface area contributed by atoms with E-state index in [-0.39, 0.29) is 11.9 Å². The molecule has 0 spiro atoms. The van der Waals surface area contributed by atoms with E-state index in [2.05, 4.69) is 12.2 Å². The van der Waals surface area contributed by atoms with Crippen molar-refractivity contribution in [2.45, 2.75) is 50.3 Å². The molecule has 140 valence electrons. The Balaban J connectivity index is 2.13. The summed E-state index contributed by atoms with van der Waals surface area (Å²) in [6.07, 6.45) is 2.02. The maximum Gasteiger partial charge on any atom is 0.251 e. The van der Waals surface area contributed by atoms with Crippen molar-refractivity contribution in [1.82, 2.24) is 5.32 Å². The van der Waals surface area contributed by atoms with Gasteiger partial charge in [-0.15, -0.1) is 11.8 Å². The van der Waals surface area contributed by atoms with Crippen molar-refractivity contribution in [1.29, 1.82) is 0 Å². The summed E-state index contributed by atoms with van der Waals surface area (Å²) in [4.78, 5) is 13.6. The van der Waals surface area contributed by atoms with Crippen LogP contribution in [-0.4, -0.2) is 18.6 Å². The summed E-state index contributed by atoms with van der Waals surface area (Å²) in [5.41, 5.74) is 1.69. The smallest absolute Gasteiger partial charge is 0.251 e. The third-order valence-corrected chi connectivity index (χ3v) is 5.24. The standard InChI is InChI=1S/C21H26ClNO2S/c1-4-6-15(3)23-21(24)16-7-12-20(25-5-2)17(13-16)14-26-19-10-8-18(22)9-11-19/h7-13,15H,4-6,14H2,1-3H3,(H,23,24)/t15-/m1/s1. The fraction of sp³-hybridized carbons (Fsp3) is 0.381. The third kappa shape index (κ3) is 6.26. The zero-order valence-electron chi connectivity index (χ0n) is 15.5. The van der Waals surface area contributed by atoms with E-state index in [1.165, 1.54) is 0 Å². The molecule has 2 rings (SSSR count). The number of carbonyl (C=O) groups is 1. The minimum absolute atomic E-state index is 0.0354. The average Bonchev–Trinajstić information content (AvgIpc) is 2.62. The molecule has 3 nitrogen and oxygen atoms in total. The molecule has 0 fully saturated rings. The summed E-state index contributed by atoms with van der Waals surface area (Å²) in [6.45, 7) is 6.71. The molecule has 1 N–H and O–H groups in total. The van der Waals surface area contributed by atoms with Gasteiger partial charge in [-0.3, -0.25) is 4.79 Å². The second-order valence-electron chi connectivity index (χ2n) is 6.16. The van der Waals surface area contributed by atoms with Crippen molar-refractivity contribution in [2.24, 2.45) is 0 Å². The lowest BCUT2D eigenvalue weighted by molar-refractivity contribution is 0.0938. The van der Waals surface area contributed by atoms with Gasteiger partial charge in [0.15, 0.2) is 0 Å². The molecule has 0 aliphatic carbocycles. The van der Waals surface area contributed by atoms with Gasteiger partial charge in [0.1, 0.15) is 5.75 Å². The highest BCUT2D eigenvalue weighted by atomic mass is 35.5. The first-order chi connectivity index (χ1) is 12.5. The minimum Gasteiger partial charge on any atom is -0.494 e. The Hall–Kier alpha value is -1.65. The summed E-state index contributed by atoms with van der Waals surface area (Å²) < 4.78 is 5.73. The molecule has 0 radical (unpaired) electrons. The molecule has 0 aliphatic heterocycles. The van der Waals surface area contributed by atoms with Crippen molar-refractivity contribution in [3.05, 3.63) is 58.6 Å². The Kier molecular flexibility index (Phi) is 8.33. The molecule has 2 aromatic rings. The van der Waals surface area contributed by atoms with Gasteiger partial charge in [0.25, 0.3) is 5.91 Å². The van der Waals surface area contributed by atoms with Gasteiger partial charge in [-0.05, 0) is 62.7 Å². The summed E-state index contributed by atoms with van der Waals surface area (Å²) in [5, 5.41) is 3.78. The molecule has 0 unspecified atom stereocenters. The van der Waals surface area contributed by atoms with Crippen LogP contribution in [-0.2, 0) is 5.75 Å². The van der Waals surface area contributed by atoms with Gasteiger partial charge in [0.05, 0.1) is 6.61 Å². The maximum atomic E-state index is 12.5. The number of halogens is 1. The highest BCUT2D eigenvalue weighted by Crippen LogP contribution is 2.29. The molecule has 0 heterocycles. The Morgan fingerprint density at radius 2 is 1.92 bits per heavy atom.